The van der Waals surface area contributed by atoms with Gasteiger partial charge in [0, 0.05) is 0 Å². The number of nitrogens with one attached hydrogen (secondary N) is 1. The summed E-state index contributed by atoms with van der Waals surface area (Å²) in [7, 11) is 3.64. The van der Waals surface area contributed by atoms with Gasteiger partial charge >= 0.3 is 33.0 Å². The second-order valence-corrected chi connectivity index (χ2v) is 3.83. The van der Waals surface area contributed by atoms with Crippen molar-refractivity contribution in [3.05, 3.63) is 12.7 Å². The summed E-state index contributed by atoms with van der Waals surface area (Å²) in [5, 5.41) is 17.1. The zero-order valence-electron chi connectivity index (χ0n) is 10.8. The normalized spacial score (nSPS) is 10.4. The molecule has 7 heteroatoms. The van der Waals surface area contributed by atoms with Crippen LogP contribution in [0.5, 0.6) is 0 Å². The monoisotopic (exact) mass is 457 g/mol. The molecule has 0 spiro atoms. The van der Waals surface area contributed by atoms with E-state index in [-0.39, 0.29) is 34.9 Å². The maximum atomic E-state index is 10.6. The maximum absolute atomic E-state index is 10.6. The number of hydrogen-bond acceptors (Lipinski definition) is 3. The molecule has 0 saturated heterocycles. The Labute approximate surface area is 130 Å². The molecule has 0 aromatic carbocycles. The van der Waals surface area contributed by atoms with Gasteiger partial charge in [-0.05, 0) is 27.1 Å². The first kappa shape index (κ1) is 27.0. The fourth-order valence-electron chi connectivity index (χ4n) is 0.938. The van der Waals surface area contributed by atoms with E-state index in [1.54, 1.807) is 0 Å². The summed E-state index contributed by atoms with van der Waals surface area (Å²) in [4.78, 5) is 22.7. The van der Waals surface area contributed by atoms with Crippen LogP contribution in [0.15, 0.2) is 0 Å². The average Bonchev–Trinajstić information content (AvgIpc) is 2.23. The van der Waals surface area contributed by atoms with Gasteiger partial charge in [-0.2, -0.15) is 6.54 Å². The molecule has 0 aromatic rings. The number of rotatable bonds is 7. The van der Waals surface area contributed by atoms with Crippen LogP contribution in [0.25, 0.3) is 5.73 Å². The van der Waals surface area contributed by atoms with Crippen molar-refractivity contribution in [2.75, 3.05) is 27.2 Å². The van der Waals surface area contributed by atoms with Crippen molar-refractivity contribution in [2.24, 2.45) is 5.92 Å². The van der Waals surface area contributed by atoms with Gasteiger partial charge < -0.3 is 27.8 Å². The maximum Gasteiger partial charge on any atom is 2.00 e. The molecule has 0 rings (SSSR count). The molecule has 1 unspecified atom stereocenters. The summed E-state index contributed by atoms with van der Waals surface area (Å²) < 4.78 is 0. The van der Waals surface area contributed by atoms with Gasteiger partial charge in [-0.1, -0.05) is 7.43 Å². The molecule has 3 N–H and O–H groups in total. The first-order valence-electron chi connectivity index (χ1n) is 5.38. The molecule has 0 aliphatic heterocycles. The molecule has 0 saturated carbocycles. The largest absolute Gasteiger partial charge is 2.00 e. The quantitative estimate of drug-likeness (QED) is 0.570. The molecule has 0 aliphatic carbocycles. The van der Waals surface area contributed by atoms with Crippen molar-refractivity contribution < 1.29 is 40.9 Å². The Bertz CT molecular complexity index is 224. The summed E-state index contributed by atoms with van der Waals surface area (Å²) >= 11 is 0. The first-order chi connectivity index (χ1) is 7.84. The molecule has 19 heavy (non-hydrogen) atoms. The predicted molar refractivity (Wildman–Crippen MR) is 72.4 cm³/mol. The molecule has 0 fully saturated rings. The van der Waals surface area contributed by atoms with Crippen molar-refractivity contribution in [1.29, 1.82) is 0 Å². The Hall–Kier alpha value is -0.452. The minimum Gasteiger partial charge on any atom is -0.679 e. The van der Waals surface area contributed by atoms with Crippen LogP contribution in [0.1, 0.15) is 26.7 Å². The molecule has 0 bridgehead atoms. The molecule has 0 aromatic heterocycles. The Morgan fingerprint density at radius 3 is 1.95 bits per heavy atom. The minimum atomic E-state index is -1.06. The molecular weight excluding hydrogens is 431 g/mol. The second-order valence-electron chi connectivity index (χ2n) is 3.83. The van der Waals surface area contributed by atoms with Crippen molar-refractivity contribution in [3.8, 4) is 0 Å². The van der Waals surface area contributed by atoms with E-state index in [0.717, 1.165) is 6.42 Å². The Morgan fingerprint density at radius 1 is 1.32 bits per heavy atom. The van der Waals surface area contributed by atoms with Gasteiger partial charge in [-0.3, -0.25) is 9.59 Å². The van der Waals surface area contributed by atoms with Crippen LogP contribution in [0, 0.1) is 12.8 Å². The molecule has 6 nitrogen and oxygen atoms in total. The number of carbonyl (C=O) groups is 2. The number of nitrogens with zero attached hydrogens (tertiary/aromatic N) is 1. The van der Waals surface area contributed by atoms with E-state index in [2.05, 4.69) is 6.92 Å². The van der Waals surface area contributed by atoms with Crippen LogP contribution in [-0.4, -0.2) is 54.2 Å². The second kappa shape index (κ2) is 17.5. The SMILES string of the molecule is C.CN(C)CCC(CC(=O)O)C(=O)O.[CH2-]CC[NH-].[Pt+2]. The molecular formula is C12H26N2O4Pt. The van der Waals surface area contributed by atoms with Crippen molar-refractivity contribution in [3.63, 3.8) is 0 Å². The van der Waals surface area contributed by atoms with Crippen molar-refractivity contribution in [1.82, 2.24) is 4.90 Å². The number of hydrogen-bond donors (Lipinski definition) is 2. The van der Waals surface area contributed by atoms with Crippen LogP contribution in [0.4, 0.5) is 0 Å². The molecule has 1 atom stereocenters. The number of carboxylic acid groups (broad SMARTS) is 2. The third kappa shape index (κ3) is 23.1. The zero-order valence-corrected chi connectivity index (χ0v) is 13.1. The molecule has 118 valence electrons. The van der Waals surface area contributed by atoms with Crippen molar-refractivity contribution in [2.45, 2.75) is 26.7 Å². The molecule has 0 amide bonds. The zero-order chi connectivity index (χ0) is 13.8. The average molecular weight is 457 g/mol. The predicted octanol–water partition coefficient (Wildman–Crippen LogP) is 2.01. The van der Waals surface area contributed by atoms with Gasteiger partial charge in [-0.15, -0.1) is 0 Å². The third-order valence-corrected chi connectivity index (χ3v) is 1.87. The Balaban J connectivity index is -0.000000165. The van der Waals surface area contributed by atoms with E-state index in [0.29, 0.717) is 19.5 Å². The van der Waals surface area contributed by atoms with E-state index in [4.69, 9.17) is 15.9 Å². The van der Waals surface area contributed by atoms with Gasteiger partial charge in [0.2, 0.25) is 0 Å². The van der Waals surface area contributed by atoms with Gasteiger partial charge in [-0.25, -0.2) is 6.42 Å². The van der Waals surface area contributed by atoms with Crippen LogP contribution in [0.2, 0.25) is 0 Å². The fraction of sp³-hybridized carbons (Fsp3) is 0.750. The summed E-state index contributed by atoms with van der Waals surface area (Å²) in [6.07, 6.45) is 0.803. The van der Waals surface area contributed by atoms with Crippen molar-refractivity contribution >= 4 is 11.9 Å². The molecule has 0 radical (unpaired) electrons. The summed E-state index contributed by atoms with van der Waals surface area (Å²) in [5.74, 6) is -2.88. The first-order valence-corrected chi connectivity index (χ1v) is 5.38. The Morgan fingerprint density at radius 2 is 1.74 bits per heavy atom. The Kier molecular flexibility index (Phi) is 24.9. The van der Waals surface area contributed by atoms with Crippen LogP contribution in [0.3, 0.4) is 0 Å². The van der Waals surface area contributed by atoms with Gasteiger partial charge in [0.05, 0.1) is 12.3 Å². The topological polar surface area (TPSA) is 102 Å². The van der Waals surface area contributed by atoms with Crippen LogP contribution < -0.4 is 0 Å². The summed E-state index contributed by atoms with van der Waals surface area (Å²) in [6, 6.07) is 0. The van der Waals surface area contributed by atoms with E-state index in [1.165, 1.54) is 0 Å². The minimum absolute atomic E-state index is 0. The van der Waals surface area contributed by atoms with Gasteiger partial charge in [0.25, 0.3) is 0 Å². The van der Waals surface area contributed by atoms with Crippen LogP contribution in [-0.2, 0) is 30.7 Å². The van der Waals surface area contributed by atoms with E-state index in [1.807, 2.05) is 19.0 Å². The van der Waals surface area contributed by atoms with Crippen LogP contribution >= 0.6 is 0 Å². The summed E-state index contributed by atoms with van der Waals surface area (Å²) in [5.41, 5.74) is 6.39. The number of carboxylic acids is 2. The van der Waals surface area contributed by atoms with E-state index in [9.17, 15) is 9.59 Å². The van der Waals surface area contributed by atoms with E-state index < -0.39 is 17.9 Å². The van der Waals surface area contributed by atoms with Gasteiger partial charge in [0.15, 0.2) is 0 Å². The smallest absolute Gasteiger partial charge is 0.679 e. The fourth-order valence-corrected chi connectivity index (χ4v) is 0.938. The number of aliphatic carboxylic acids is 2. The van der Waals surface area contributed by atoms with Gasteiger partial charge in [0.1, 0.15) is 0 Å². The standard InChI is InChI=1S/C8H15NO4.C3H7N.CH4.Pt/c1-9(2)4-3-6(8(12)13)5-7(10)11;1-2-3-4;;/h6H,3-5H2,1-2H3,(H,10,11)(H,12,13);4H,1-3H2;1H4;/q;-2;;+2. The third-order valence-electron chi connectivity index (χ3n) is 1.87. The molecule has 0 aliphatic rings. The molecule has 0 heterocycles. The summed E-state index contributed by atoms with van der Waals surface area (Å²) in [6.45, 7) is 4.46. The van der Waals surface area contributed by atoms with E-state index >= 15 is 0 Å².